The molecule has 0 aromatic heterocycles. The number of likely N-dealkylation sites (N-methyl/N-ethyl adjacent to an activating group) is 1. The number of aliphatic hydroxyl groups is 2. The lowest BCUT2D eigenvalue weighted by Gasteiger charge is -2.32. The molecule has 1 aliphatic carbocycles. The quantitative estimate of drug-likeness (QED) is 0.148. The third-order valence-electron chi connectivity index (χ3n) is 8.84. The van der Waals surface area contributed by atoms with Crippen molar-refractivity contribution >= 4 is 17.8 Å². The van der Waals surface area contributed by atoms with Crippen LogP contribution in [0.25, 0.3) is 0 Å². The highest BCUT2D eigenvalue weighted by atomic mass is 16.8. The summed E-state index contributed by atoms with van der Waals surface area (Å²) in [7, 11) is 1.58. The third kappa shape index (κ3) is 11.7. The minimum atomic E-state index is -0.926. The summed E-state index contributed by atoms with van der Waals surface area (Å²) < 4.78 is 18.4. The number of fused-ring (bicyclic) bond motifs is 1. The van der Waals surface area contributed by atoms with Gasteiger partial charge in [0.2, 0.25) is 11.8 Å². The van der Waals surface area contributed by atoms with E-state index in [9.17, 15) is 24.6 Å². The summed E-state index contributed by atoms with van der Waals surface area (Å²) in [6.45, 7) is 9.27. The van der Waals surface area contributed by atoms with Gasteiger partial charge in [0.15, 0.2) is 5.79 Å². The number of carbonyl (C=O) groups is 3. The molecule has 1 aliphatic heterocycles. The second-order valence-corrected chi connectivity index (χ2v) is 14.1. The smallest absolute Gasteiger partial charge is 0.306 e. The number of esters is 1. The lowest BCUT2D eigenvalue weighted by atomic mass is 9.91. The van der Waals surface area contributed by atoms with E-state index in [1.165, 1.54) is 4.90 Å². The van der Waals surface area contributed by atoms with Crippen molar-refractivity contribution in [2.24, 2.45) is 0 Å². The number of nitrogens with one attached hydrogen (secondary N) is 1. The maximum atomic E-state index is 14.0. The Hall–Kier alpha value is -2.79. The average molecular weight is 659 g/mol. The summed E-state index contributed by atoms with van der Waals surface area (Å²) in [6, 6.07) is 7.77. The molecule has 3 rings (SSSR count). The van der Waals surface area contributed by atoms with Crippen LogP contribution in [0, 0.1) is 0 Å². The van der Waals surface area contributed by atoms with E-state index in [4.69, 9.17) is 14.2 Å². The molecule has 10 heteroatoms. The molecule has 0 spiro atoms. The van der Waals surface area contributed by atoms with Gasteiger partial charge < -0.3 is 34.6 Å². The summed E-state index contributed by atoms with van der Waals surface area (Å²) in [5.41, 5.74) is 0.592. The molecule has 0 bridgehead atoms. The van der Waals surface area contributed by atoms with Crippen LogP contribution >= 0.6 is 0 Å². The maximum Gasteiger partial charge on any atom is 0.306 e. The van der Waals surface area contributed by atoms with Gasteiger partial charge in [-0.3, -0.25) is 14.4 Å². The number of ether oxygens (including phenoxy) is 3. The molecular weight excluding hydrogens is 600 g/mol. The van der Waals surface area contributed by atoms with Crippen LogP contribution in [0.2, 0.25) is 0 Å². The molecule has 1 aromatic carbocycles. The van der Waals surface area contributed by atoms with Gasteiger partial charge in [-0.25, -0.2) is 0 Å². The van der Waals surface area contributed by atoms with Crippen molar-refractivity contribution in [3.8, 4) is 0 Å². The van der Waals surface area contributed by atoms with Crippen molar-refractivity contribution in [3.63, 3.8) is 0 Å². The van der Waals surface area contributed by atoms with E-state index in [0.717, 1.165) is 56.9 Å². The largest absolute Gasteiger partial charge is 0.460 e. The minimum Gasteiger partial charge on any atom is -0.460 e. The van der Waals surface area contributed by atoms with Gasteiger partial charge in [-0.15, -0.1) is 0 Å². The van der Waals surface area contributed by atoms with E-state index in [1.54, 1.807) is 33.9 Å². The van der Waals surface area contributed by atoms with Crippen molar-refractivity contribution < 1.29 is 38.8 Å². The fourth-order valence-electron chi connectivity index (χ4n) is 6.30. The first-order valence-electron chi connectivity index (χ1n) is 17.5. The number of hydrogen-bond acceptors (Lipinski definition) is 8. The molecule has 0 saturated carbocycles. The SMILES string of the molecule is CCCCCC1(CCCCC)O[C@H]2[C@H](O)CC(C(=O)N(C)[C@H](Cc3ccccc3)C(=O)N[C@H](CO)CCC(=O)OC(C)(C)C)=C[C@H]2O1. The van der Waals surface area contributed by atoms with Crippen LogP contribution in [0.4, 0.5) is 0 Å². The molecule has 2 aliphatic rings. The molecule has 10 nitrogen and oxygen atoms in total. The second-order valence-electron chi connectivity index (χ2n) is 14.1. The Labute approximate surface area is 281 Å². The van der Waals surface area contributed by atoms with Crippen LogP contribution in [-0.2, 0) is 35.0 Å². The van der Waals surface area contributed by atoms with Crippen LogP contribution in [0.1, 0.15) is 111 Å². The molecule has 47 heavy (non-hydrogen) atoms. The highest BCUT2D eigenvalue weighted by Crippen LogP contribution is 2.42. The monoisotopic (exact) mass is 658 g/mol. The average Bonchev–Trinajstić information content (AvgIpc) is 3.40. The Morgan fingerprint density at radius 2 is 1.68 bits per heavy atom. The van der Waals surface area contributed by atoms with Gasteiger partial charge in [0, 0.05) is 44.7 Å². The topological polar surface area (TPSA) is 135 Å². The Morgan fingerprint density at radius 1 is 1.04 bits per heavy atom. The first-order chi connectivity index (χ1) is 22.3. The van der Waals surface area contributed by atoms with Crippen molar-refractivity contribution in [2.75, 3.05) is 13.7 Å². The minimum absolute atomic E-state index is 0.0225. The molecule has 1 aromatic rings. The highest BCUT2D eigenvalue weighted by Gasteiger charge is 2.51. The zero-order chi connectivity index (χ0) is 34.6. The van der Waals surface area contributed by atoms with Crippen molar-refractivity contribution in [2.45, 2.75) is 153 Å². The van der Waals surface area contributed by atoms with E-state index >= 15 is 0 Å². The van der Waals surface area contributed by atoms with Gasteiger partial charge in [-0.1, -0.05) is 69.9 Å². The second kappa shape index (κ2) is 18.1. The molecule has 5 atom stereocenters. The first-order valence-corrected chi connectivity index (χ1v) is 17.5. The molecule has 1 saturated heterocycles. The normalized spacial score (nSPS) is 21.7. The van der Waals surface area contributed by atoms with Crippen LogP contribution in [0.3, 0.4) is 0 Å². The van der Waals surface area contributed by atoms with E-state index in [2.05, 4.69) is 19.2 Å². The number of carbonyl (C=O) groups excluding carboxylic acids is 3. The van der Waals surface area contributed by atoms with Crippen LogP contribution < -0.4 is 5.32 Å². The number of amides is 2. The van der Waals surface area contributed by atoms with Crippen LogP contribution in [-0.4, -0.2) is 88.3 Å². The van der Waals surface area contributed by atoms with Gasteiger partial charge in [0.25, 0.3) is 0 Å². The lowest BCUT2D eigenvalue weighted by Crippen LogP contribution is -2.53. The Kier molecular flexibility index (Phi) is 14.9. The fourth-order valence-corrected chi connectivity index (χ4v) is 6.30. The van der Waals surface area contributed by atoms with Gasteiger partial charge in [-0.05, 0) is 51.7 Å². The van der Waals surface area contributed by atoms with Gasteiger partial charge >= 0.3 is 5.97 Å². The van der Waals surface area contributed by atoms with Crippen molar-refractivity contribution in [1.82, 2.24) is 10.2 Å². The Balaban J connectivity index is 1.78. The van der Waals surface area contributed by atoms with Crippen molar-refractivity contribution in [3.05, 3.63) is 47.5 Å². The van der Waals surface area contributed by atoms with Gasteiger partial charge in [0.05, 0.1) is 18.8 Å². The van der Waals surface area contributed by atoms with Crippen LogP contribution in [0.15, 0.2) is 42.0 Å². The molecule has 0 radical (unpaired) electrons. The third-order valence-corrected chi connectivity index (χ3v) is 8.84. The van der Waals surface area contributed by atoms with E-state index < -0.39 is 53.7 Å². The number of benzene rings is 1. The molecule has 1 fully saturated rings. The number of rotatable bonds is 18. The molecular formula is C37H58N2O8. The Morgan fingerprint density at radius 3 is 2.26 bits per heavy atom. The Bertz CT molecular complexity index is 1170. The summed E-state index contributed by atoms with van der Waals surface area (Å²) in [5, 5.41) is 24.1. The molecule has 0 unspecified atom stereocenters. The van der Waals surface area contributed by atoms with Crippen LogP contribution in [0.5, 0.6) is 0 Å². The zero-order valence-corrected chi connectivity index (χ0v) is 29.3. The summed E-state index contributed by atoms with van der Waals surface area (Å²) in [5.74, 6) is -2.03. The highest BCUT2D eigenvalue weighted by molar-refractivity contribution is 5.97. The first kappa shape index (κ1) is 38.7. The van der Waals surface area contributed by atoms with Gasteiger partial charge in [-0.2, -0.15) is 0 Å². The molecule has 1 heterocycles. The standard InChI is InChI=1S/C37H58N2O8/c1-7-9-14-20-37(21-15-10-8-2)45-31-24-27(23-30(41)33(31)47-37)35(44)39(6)29(22-26-16-12-11-13-17-26)34(43)38-28(25-40)18-19-32(42)46-36(3,4)5/h11-13,16-17,24,28-31,33,40-41H,7-10,14-15,18-23,25H2,1-6H3,(H,38,43)/t28-,29+,30+,31+,33-/m0/s1. The number of unbranched alkanes of at least 4 members (excludes halogenated alkanes) is 4. The molecule has 264 valence electrons. The number of nitrogens with zero attached hydrogens (tertiary/aromatic N) is 1. The number of aliphatic hydroxyl groups excluding tert-OH is 2. The van der Waals surface area contributed by atoms with Gasteiger partial charge in [0.1, 0.15) is 23.9 Å². The molecule has 2 amide bonds. The summed E-state index contributed by atoms with van der Waals surface area (Å²) in [6.07, 6.45) is 7.91. The zero-order valence-electron chi connectivity index (χ0n) is 29.3. The molecule has 3 N–H and O–H groups in total. The summed E-state index contributed by atoms with van der Waals surface area (Å²) >= 11 is 0. The van der Waals surface area contributed by atoms with E-state index in [1.807, 2.05) is 30.3 Å². The van der Waals surface area contributed by atoms with Crippen molar-refractivity contribution in [1.29, 1.82) is 0 Å². The lowest BCUT2D eigenvalue weighted by molar-refractivity contribution is -0.190. The van der Waals surface area contributed by atoms with E-state index in [-0.39, 0.29) is 38.2 Å². The van der Waals surface area contributed by atoms with E-state index in [0.29, 0.717) is 5.57 Å². The maximum absolute atomic E-state index is 14.0. The predicted octanol–water partition coefficient (Wildman–Crippen LogP) is 4.99. The predicted molar refractivity (Wildman–Crippen MR) is 180 cm³/mol. The summed E-state index contributed by atoms with van der Waals surface area (Å²) in [4.78, 5) is 41.4. The fraction of sp³-hybridized carbons (Fsp3) is 0.703. The number of hydrogen-bond donors (Lipinski definition) is 3.